The van der Waals surface area contributed by atoms with Crippen LogP contribution < -0.4 is 9.74 Å². The van der Waals surface area contributed by atoms with Crippen LogP contribution in [0.5, 0.6) is 0 Å². The summed E-state index contributed by atoms with van der Waals surface area (Å²) in [6.45, 7) is 14.6. The summed E-state index contributed by atoms with van der Waals surface area (Å²) in [5.74, 6) is -0.917. The minimum absolute atomic E-state index is 0.00679. The van der Waals surface area contributed by atoms with Crippen molar-refractivity contribution in [3.63, 3.8) is 0 Å². The normalized spacial score (nSPS) is 15.3. The van der Waals surface area contributed by atoms with Gasteiger partial charge in [0.05, 0.1) is 30.9 Å². The molecule has 0 spiro atoms. The highest BCUT2D eigenvalue weighted by molar-refractivity contribution is 7.25. The highest BCUT2D eigenvalue weighted by atomic mass is 31.1. The van der Waals surface area contributed by atoms with Gasteiger partial charge in [0.2, 0.25) is 5.65 Å². The molecular weight excluding hydrogens is 581 g/mol. The Kier molecular flexibility index (Phi) is 9.65. The van der Waals surface area contributed by atoms with Crippen molar-refractivity contribution >= 4 is 45.6 Å². The molecule has 0 radical (unpaired) electrons. The topological polar surface area (TPSA) is 144 Å². The number of fused-ring (bicyclic) bond motifs is 2. The molecule has 228 valence electrons. The standard InChI is InChI=1S/C27H38N5O8PSi/c1-8-36-27(41-35,37-9-2)38-14-18(40-42(6,7)26(3,4)5)15-39-31-17-30-21-22(31)28-16-29-23(21)32-24(33)19-12-10-11-13-20(19)25(32)34/h10-13,16-18H,8-9,14-15,41H2,1-7H3. The highest BCUT2D eigenvalue weighted by Gasteiger charge is 2.41. The van der Waals surface area contributed by atoms with Gasteiger partial charge in [-0.05, 0) is 44.1 Å². The molecule has 1 aromatic carbocycles. The Balaban J connectivity index is 1.58. The monoisotopic (exact) mass is 619 g/mol. The quantitative estimate of drug-likeness (QED) is 0.112. The average Bonchev–Trinajstić information content (AvgIpc) is 3.48. The number of anilines is 1. The first-order valence-corrected chi connectivity index (χ1v) is 17.7. The van der Waals surface area contributed by atoms with Crippen molar-refractivity contribution in [2.75, 3.05) is 31.3 Å². The van der Waals surface area contributed by atoms with Gasteiger partial charge >= 0.3 is 5.71 Å². The Morgan fingerprint density at radius 1 is 0.929 bits per heavy atom. The SMILES string of the molecule is CCOC(OCC)(OCC(COn1cnc2c(N3C(=O)c4ccccc4C3=O)ncnc21)O[Si](C)(C)C(C)(C)C)[PH2]=O. The minimum Gasteiger partial charge on any atom is -0.408 e. The number of rotatable bonds is 14. The lowest BCUT2D eigenvalue weighted by atomic mass is 10.1. The molecule has 3 aromatic rings. The van der Waals surface area contributed by atoms with Crippen LogP contribution >= 0.6 is 8.46 Å². The molecule has 15 heteroatoms. The molecule has 2 amide bonds. The second-order valence-corrected chi connectivity index (χ2v) is 16.8. The largest absolute Gasteiger partial charge is 0.408 e. The van der Waals surface area contributed by atoms with Gasteiger partial charge in [0, 0.05) is 0 Å². The molecule has 0 fully saturated rings. The Labute approximate surface area is 246 Å². The molecule has 13 nitrogen and oxygen atoms in total. The Morgan fingerprint density at radius 3 is 2.10 bits per heavy atom. The predicted octanol–water partition coefficient (Wildman–Crippen LogP) is 3.90. The molecule has 1 aliphatic rings. The molecule has 0 N–H and O–H groups in total. The van der Waals surface area contributed by atoms with E-state index >= 15 is 0 Å². The first-order valence-electron chi connectivity index (χ1n) is 13.7. The maximum absolute atomic E-state index is 13.1. The van der Waals surface area contributed by atoms with Crippen LogP contribution in [0, 0.1) is 0 Å². The fraction of sp³-hybridized carbons (Fsp3) is 0.519. The zero-order valence-electron chi connectivity index (χ0n) is 24.9. The van der Waals surface area contributed by atoms with Crippen molar-refractivity contribution < 1.29 is 37.6 Å². The van der Waals surface area contributed by atoms with Gasteiger partial charge in [0.25, 0.3) is 11.8 Å². The molecule has 2 aromatic heterocycles. The molecule has 0 saturated heterocycles. The smallest absolute Gasteiger partial charge is 0.332 e. The first kappa shape index (κ1) is 31.9. The van der Waals surface area contributed by atoms with Gasteiger partial charge in [-0.15, -0.1) is 0 Å². The summed E-state index contributed by atoms with van der Waals surface area (Å²) in [6.07, 6.45) is 2.02. The molecule has 2 unspecified atom stereocenters. The van der Waals surface area contributed by atoms with E-state index in [4.69, 9.17) is 23.5 Å². The van der Waals surface area contributed by atoms with Crippen molar-refractivity contribution in [2.45, 2.75) is 64.6 Å². The number of amides is 2. The third-order valence-electron chi connectivity index (χ3n) is 7.26. The number of benzene rings is 1. The molecule has 0 bridgehead atoms. The van der Waals surface area contributed by atoms with E-state index in [1.54, 1.807) is 38.1 Å². The van der Waals surface area contributed by atoms with E-state index in [9.17, 15) is 14.2 Å². The lowest BCUT2D eigenvalue weighted by molar-refractivity contribution is -0.323. The molecule has 0 aliphatic carbocycles. The maximum atomic E-state index is 13.1. The molecule has 1 aliphatic heterocycles. The number of carbonyl (C=O) groups is 2. The van der Waals surface area contributed by atoms with Crippen LogP contribution in [0.2, 0.25) is 18.1 Å². The van der Waals surface area contributed by atoms with E-state index in [-0.39, 0.29) is 48.4 Å². The highest BCUT2D eigenvalue weighted by Crippen LogP contribution is 2.38. The van der Waals surface area contributed by atoms with Gasteiger partial charge in [0.1, 0.15) is 25.4 Å². The lowest BCUT2D eigenvalue weighted by Crippen LogP contribution is -2.48. The van der Waals surface area contributed by atoms with E-state index in [1.807, 2.05) is 0 Å². The summed E-state index contributed by atoms with van der Waals surface area (Å²) in [5.41, 5.74) is -0.594. The summed E-state index contributed by atoms with van der Waals surface area (Å²) < 4.78 is 37.1. The number of ether oxygens (including phenoxy) is 3. The van der Waals surface area contributed by atoms with Crippen molar-refractivity contribution in [3.8, 4) is 0 Å². The predicted molar refractivity (Wildman–Crippen MR) is 159 cm³/mol. The molecule has 3 heterocycles. The van der Waals surface area contributed by atoms with Crippen molar-refractivity contribution in [3.05, 3.63) is 48.0 Å². The van der Waals surface area contributed by atoms with Crippen molar-refractivity contribution in [2.24, 2.45) is 0 Å². The minimum atomic E-state index is -2.31. The van der Waals surface area contributed by atoms with Crippen LogP contribution in [-0.4, -0.2) is 78.1 Å². The number of aromatic nitrogens is 4. The third-order valence-corrected chi connectivity index (χ3v) is 12.6. The van der Waals surface area contributed by atoms with E-state index in [0.29, 0.717) is 11.1 Å². The van der Waals surface area contributed by atoms with Crippen LogP contribution in [-0.2, 0) is 23.2 Å². The van der Waals surface area contributed by atoms with Gasteiger partial charge in [-0.25, -0.2) is 19.9 Å². The summed E-state index contributed by atoms with van der Waals surface area (Å²) >= 11 is 0. The summed E-state index contributed by atoms with van der Waals surface area (Å²) in [4.78, 5) is 46.1. The molecular formula is C27H38N5O8PSi. The van der Waals surface area contributed by atoms with Crippen LogP contribution in [0.25, 0.3) is 11.2 Å². The molecule has 4 rings (SSSR count). The molecule has 42 heavy (non-hydrogen) atoms. The molecule has 0 saturated carbocycles. The van der Waals surface area contributed by atoms with Crippen LogP contribution in [0.1, 0.15) is 55.3 Å². The summed E-state index contributed by atoms with van der Waals surface area (Å²) in [6, 6.07) is 6.59. The van der Waals surface area contributed by atoms with Gasteiger partial charge in [-0.3, -0.25) is 9.59 Å². The summed E-state index contributed by atoms with van der Waals surface area (Å²) in [5, 5.41) is -0.109. The van der Waals surface area contributed by atoms with Crippen molar-refractivity contribution in [1.82, 2.24) is 19.7 Å². The van der Waals surface area contributed by atoms with E-state index < -0.39 is 40.4 Å². The zero-order valence-corrected chi connectivity index (χ0v) is 27.1. The van der Waals surface area contributed by atoms with E-state index in [1.165, 1.54) is 17.4 Å². The number of hydrogen-bond acceptors (Lipinski definition) is 11. The van der Waals surface area contributed by atoms with E-state index in [2.05, 4.69) is 48.8 Å². The Morgan fingerprint density at radius 2 is 1.55 bits per heavy atom. The van der Waals surface area contributed by atoms with E-state index in [0.717, 1.165) is 4.90 Å². The first-order chi connectivity index (χ1) is 19.9. The Hall–Kier alpha value is -3.00. The van der Waals surface area contributed by atoms with Crippen molar-refractivity contribution in [1.29, 1.82) is 0 Å². The van der Waals surface area contributed by atoms with Gasteiger partial charge in [-0.1, -0.05) is 32.9 Å². The van der Waals surface area contributed by atoms with Gasteiger partial charge in [-0.2, -0.15) is 4.73 Å². The molecule has 2 atom stereocenters. The van der Waals surface area contributed by atoms with Crippen LogP contribution in [0.3, 0.4) is 0 Å². The third kappa shape index (κ3) is 6.33. The lowest BCUT2D eigenvalue weighted by Gasteiger charge is -2.39. The fourth-order valence-corrected chi connectivity index (χ4v) is 6.11. The van der Waals surface area contributed by atoms with Crippen LogP contribution in [0.15, 0.2) is 36.9 Å². The second-order valence-electron chi connectivity index (χ2n) is 11.1. The number of carbonyl (C=O) groups excluding carboxylic acids is 2. The van der Waals surface area contributed by atoms with Crippen LogP contribution in [0.4, 0.5) is 5.82 Å². The number of imidazole rings is 1. The number of nitrogens with zero attached hydrogens (tertiary/aromatic N) is 5. The number of hydrogen-bond donors (Lipinski definition) is 0. The second kappa shape index (κ2) is 12.7. The van der Waals surface area contributed by atoms with Gasteiger partial charge < -0.3 is 28.0 Å². The summed E-state index contributed by atoms with van der Waals surface area (Å²) in [7, 11) is -3.89. The Bertz CT molecular complexity index is 1420. The zero-order chi connectivity index (χ0) is 30.7. The van der Waals surface area contributed by atoms with Gasteiger partial charge in [0.15, 0.2) is 28.1 Å². The maximum Gasteiger partial charge on any atom is 0.332 e. The number of imide groups is 1. The average molecular weight is 620 g/mol. The fourth-order valence-electron chi connectivity index (χ4n) is 4.15.